The third kappa shape index (κ3) is 3.43. The van der Waals surface area contributed by atoms with Crippen LogP contribution in [0.2, 0.25) is 0 Å². The monoisotopic (exact) mass is 277 g/mol. The Morgan fingerprint density at radius 1 is 1.25 bits per heavy atom. The first kappa shape index (κ1) is 14.2. The average Bonchev–Trinajstić information content (AvgIpc) is 2.47. The smallest absolute Gasteiger partial charge is 0.254 e. The molecule has 0 bridgehead atoms. The van der Waals surface area contributed by atoms with Gasteiger partial charge in [0.2, 0.25) is 12.4 Å². The van der Waals surface area contributed by atoms with Crippen LogP contribution in [0.3, 0.4) is 0 Å². The Kier molecular flexibility index (Phi) is 4.49. The highest BCUT2D eigenvalue weighted by Crippen LogP contribution is 2.10. The molecule has 0 aliphatic carbocycles. The SMILES string of the molecule is CC(C)NC(=O)c1cnc(N2CCN(C=O)CC2)nc1. The second kappa shape index (κ2) is 6.31. The van der Waals surface area contributed by atoms with E-state index < -0.39 is 0 Å². The molecule has 1 saturated heterocycles. The highest BCUT2D eigenvalue weighted by Gasteiger charge is 2.18. The molecule has 0 saturated carbocycles. The number of rotatable bonds is 4. The van der Waals surface area contributed by atoms with Crippen molar-refractivity contribution in [2.24, 2.45) is 0 Å². The molecule has 1 aromatic heterocycles. The Balaban J connectivity index is 1.98. The van der Waals surface area contributed by atoms with Crippen molar-refractivity contribution in [3.8, 4) is 0 Å². The first-order chi connectivity index (χ1) is 9.60. The molecule has 2 heterocycles. The van der Waals surface area contributed by atoms with E-state index in [9.17, 15) is 9.59 Å². The number of nitrogens with zero attached hydrogens (tertiary/aromatic N) is 4. The summed E-state index contributed by atoms with van der Waals surface area (Å²) in [7, 11) is 0. The summed E-state index contributed by atoms with van der Waals surface area (Å²) >= 11 is 0. The van der Waals surface area contributed by atoms with E-state index in [1.54, 1.807) is 4.90 Å². The van der Waals surface area contributed by atoms with Crippen molar-refractivity contribution in [2.45, 2.75) is 19.9 Å². The largest absolute Gasteiger partial charge is 0.350 e. The van der Waals surface area contributed by atoms with E-state index in [0.717, 1.165) is 6.41 Å². The Morgan fingerprint density at radius 2 is 1.85 bits per heavy atom. The Morgan fingerprint density at radius 3 is 2.35 bits per heavy atom. The molecule has 1 N–H and O–H groups in total. The molecule has 1 aliphatic rings. The lowest BCUT2D eigenvalue weighted by Gasteiger charge is -2.32. The quantitative estimate of drug-likeness (QED) is 0.777. The minimum Gasteiger partial charge on any atom is -0.350 e. The molecule has 108 valence electrons. The predicted molar refractivity (Wildman–Crippen MR) is 74.5 cm³/mol. The first-order valence-corrected chi connectivity index (χ1v) is 6.67. The third-order valence-corrected chi connectivity index (χ3v) is 3.07. The van der Waals surface area contributed by atoms with Crippen molar-refractivity contribution >= 4 is 18.3 Å². The molecule has 0 spiro atoms. The van der Waals surface area contributed by atoms with Gasteiger partial charge in [0.25, 0.3) is 5.91 Å². The summed E-state index contributed by atoms with van der Waals surface area (Å²) in [6.07, 6.45) is 3.93. The number of hydrogen-bond donors (Lipinski definition) is 1. The van der Waals surface area contributed by atoms with Gasteiger partial charge in [-0.2, -0.15) is 0 Å². The summed E-state index contributed by atoms with van der Waals surface area (Å²) in [5, 5.41) is 2.79. The van der Waals surface area contributed by atoms with Gasteiger partial charge >= 0.3 is 0 Å². The van der Waals surface area contributed by atoms with Crippen LogP contribution in [0.15, 0.2) is 12.4 Å². The number of nitrogens with one attached hydrogen (secondary N) is 1. The fourth-order valence-electron chi connectivity index (χ4n) is 1.97. The zero-order chi connectivity index (χ0) is 14.5. The van der Waals surface area contributed by atoms with Crippen molar-refractivity contribution in [1.29, 1.82) is 0 Å². The first-order valence-electron chi connectivity index (χ1n) is 6.67. The summed E-state index contributed by atoms with van der Waals surface area (Å²) in [5.74, 6) is 0.425. The van der Waals surface area contributed by atoms with Crippen LogP contribution in [-0.2, 0) is 4.79 Å². The van der Waals surface area contributed by atoms with Crippen molar-refractivity contribution in [3.63, 3.8) is 0 Å². The molecule has 2 amide bonds. The van der Waals surface area contributed by atoms with Crippen molar-refractivity contribution in [2.75, 3.05) is 31.1 Å². The minimum absolute atomic E-state index is 0.0820. The van der Waals surface area contributed by atoms with Gasteiger partial charge < -0.3 is 15.1 Å². The molecule has 1 aromatic rings. The highest BCUT2D eigenvalue weighted by atomic mass is 16.1. The van der Waals surface area contributed by atoms with Crippen LogP contribution in [0, 0.1) is 0 Å². The van der Waals surface area contributed by atoms with Gasteiger partial charge in [-0.25, -0.2) is 9.97 Å². The second-order valence-electron chi connectivity index (χ2n) is 5.03. The van der Waals surface area contributed by atoms with E-state index >= 15 is 0 Å². The van der Waals surface area contributed by atoms with Crippen molar-refractivity contribution in [1.82, 2.24) is 20.2 Å². The normalized spacial score (nSPS) is 15.3. The van der Waals surface area contributed by atoms with Gasteiger partial charge in [0, 0.05) is 44.6 Å². The van der Waals surface area contributed by atoms with Gasteiger partial charge in [-0.15, -0.1) is 0 Å². The summed E-state index contributed by atoms with van der Waals surface area (Å²) in [6.45, 7) is 6.55. The summed E-state index contributed by atoms with van der Waals surface area (Å²) in [4.78, 5) is 34.6. The van der Waals surface area contributed by atoms with E-state index in [2.05, 4.69) is 15.3 Å². The van der Waals surface area contributed by atoms with E-state index in [4.69, 9.17) is 0 Å². The molecule has 2 rings (SSSR count). The Labute approximate surface area is 118 Å². The van der Waals surface area contributed by atoms with Gasteiger partial charge in [-0.05, 0) is 13.8 Å². The van der Waals surface area contributed by atoms with Crippen LogP contribution in [0.1, 0.15) is 24.2 Å². The molecular formula is C13H19N5O2. The third-order valence-electron chi connectivity index (χ3n) is 3.07. The van der Waals surface area contributed by atoms with E-state index in [1.807, 2.05) is 18.7 Å². The lowest BCUT2D eigenvalue weighted by molar-refractivity contribution is -0.118. The van der Waals surface area contributed by atoms with Crippen LogP contribution < -0.4 is 10.2 Å². The average molecular weight is 277 g/mol. The van der Waals surface area contributed by atoms with E-state index in [-0.39, 0.29) is 11.9 Å². The number of amides is 2. The van der Waals surface area contributed by atoms with Gasteiger partial charge in [-0.3, -0.25) is 9.59 Å². The highest BCUT2D eigenvalue weighted by molar-refractivity contribution is 5.93. The fraction of sp³-hybridized carbons (Fsp3) is 0.538. The van der Waals surface area contributed by atoms with Gasteiger partial charge in [0.05, 0.1) is 5.56 Å². The molecule has 0 aromatic carbocycles. The van der Waals surface area contributed by atoms with Crippen molar-refractivity contribution < 1.29 is 9.59 Å². The Bertz CT molecular complexity index is 466. The Hall–Kier alpha value is -2.18. The standard InChI is InChI=1S/C13H19N5O2/c1-10(2)16-12(20)11-7-14-13(15-8-11)18-5-3-17(9-19)4-6-18/h7-10H,3-6H2,1-2H3,(H,16,20). The maximum absolute atomic E-state index is 11.8. The summed E-state index contributed by atoms with van der Waals surface area (Å²) < 4.78 is 0. The van der Waals surface area contributed by atoms with Gasteiger partial charge in [-0.1, -0.05) is 0 Å². The maximum Gasteiger partial charge on any atom is 0.254 e. The number of aromatic nitrogens is 2. The van der Waals surface area contributed by atoms with Gasteiger partial charge in [0.15, 0.2) is 0 Å². The lowest BCUT2D eigenvalue weighted by atomic mass is 10.3. The maximum atomic E-state index is 11.8. The zero-order valence-electron chi connectivity index (χ0n) is 11.7. The van der Waals surface area contributed by atoms with E-state index in [1.165, 1.54) is 12.4 Å². The molecule has 0 unspecified atom stereocenters. The second-order valence-corrected chi connectivity index (χ2v) is 5.03. The lowest BCUT2D eigenvalue weighted by Crippen LogP contribution is -2.46. The number of carbonyl (C=O) groups is 2. The van der Waals surface area contributed by atoms with Crippen LogP contribution in [-0.4, -0.2) is 59.4 Å². The topological polar surface area (TPSA) is 78.4 Å². The summed E-state index contributed by atoms with van der Waals surface area (Å²) in [5.41, 5.74) is 0.453. The van der Waals surface area contributed by atoms with Crippen molar-refractivity contribution in [3.05, 3.63) is 18.0 Å². The van der Waals surface area contributed by atoms with Gasteiger partial charge in [0.1, 0.15) is 0 Å². The minimum atomic E-state index is -0.169. The van der Waals surface area contributed by atoms with Crippen LogP contribution in [0.4, 0.5) is 5.95 Å². The number of hydrogen-bond acceptors (Lipinski definition) is 5. The zero-order valence-corrected chi connectivity index (χ0v) is 11.7. The molecule has 7 heteroatoms. The van der Waals surface area contributed by atoms with Crippen LogP contribution in [0.5, 0.6) is 0 Å². The number of piperazine rings is 1. The number of carbonyl (C=O) groups excluding carboxylic acids is 2. The molecule has 1 aliphatic heterocycles. The molecule has 0 radical (unpaired) electrons. The molecular weight excluding hydrogens is 258 g/mol. The van der Waals surface area contributed by atoms with Crippen LogP contribution >= 0.6 is 0 Å². The summed E-state index contributed by atoms with van der Waals surface area (Å²) in [6, 6.07) is 0.0820. The molecule has 1 fully saturated rings. The van der Waals surface area contributed by atoms with E-state index in [0.29, 0.717) is 37.7 Å². The number of anilines is 1. The fourth-order valence-corrected chi connectivity index (χ4v) is 1.97. The van der Waals surface area contributed by atoms with Crippen LogP contribution in [0.25, 0.3) is 0 Å². The molecule has 20 heavy (non-hydrogen) atoms. The predicted octanol–water partition coefficient (Wildman–Crippen LogP) is -0.107. The molecule has 7 nitrogen and oxygen atoms in total. The molecule has 0 atom stereocenters.